The standard InChI is InChI=1S/C10H21NO.C9H19NO2.C9H19N.C8H17NO.C8H17N.C7H15NO/c1-8-5-9(12)7-11(6-8)10(2,3)4;1-9(2,3)10-5-7(11)4-8(12)6-10;1-9(2,3)10-7-5-4-6-8-10;1-8(2,3)9-5-4-7(10)6-9;1-8(2,3)9-6-4-5-7-9;1-7(2,3)8-4-6(9)5-8/h8-9,12H,5-7H2,1-4H3;7-8,11-12H,4-6H2,1-3H3;4-8H2,1-3H3;7,10H,4-6H2,1-3H3;4-7H2,1-3H3;6,9H,4-5H2,1-3H3/t8-,9+;7-,8-;;7-;;/m01.0../s1. The lowest BCUT2D eigenvalue weighted by Gasteiger charge is -2.45. The van der Waals surface area contributed by atoms with Gasteiger partial charge < -0.3 is 25.5 Å². The first kappa shape index (κ1) is 59.6. The molecule has 0 aromatic rings. The summed E-state index contributed by atoms with van der Waals surface area (Å²) in [4.78, 5) is 14.2. The van der Waals surface area contributed by atoms with Gasteiger partial charge in [-0.2, -0.15) is 0 Å². The first-order chi connectivity index (χ1) is 28.0. The molecule has 0 bridgehead atoms. The topological polar surface area (TPSA) is 121 Å². The van der Waals surface area contributed by atoms with E-state index in [-0.39, 0.29) is 52.7 Å². The van der Waals surface area contributed by atoms with Gasteiger partial charge in [-0.15, -0.1) is 0 Å². The number of β-amino-alcohol motifs (C(OH)–C–C–N with tert-alkyl or cyclic N) is 5. The summed E-state index contributed by atoms with van der Waals surface area (Å²) in [6.07, 6.45) is 8.46. The van der Waals surface area contributed by atoms with Gasteiger partial charge in [0.05, 0.1) is 30.5 Å². The van der Waals surface area contributed by atoms with E-state index in [2.05, 4.69) is 161 Å². The van der Waals surface area contributed by atoms with Crippen LogP contribution in [0.25, 0.3) is 0 Å². The first-order valence-electron chi connectivity index (χ1n) is 24.9. The van der Waals surface area contributed by atoms with Crippen molar-refractivity contribution >= 4 is 0 Å². The third-order valence-electron chi connectivity index (χ3n) is 13.2. The van der Waals surface area contributed by atoms with Crippen LogP contribution in [0.1, 0.15) is 183 Å². The minimum absolute atomic E-state index is 0.0440. The molecule has 0 aromatic carbocycles. The maximum Gasteiger partial charge on any atom is 0.0794 e. The quantitative estimate of drug-likeness (QED) is 0.171. The van der Waals surface area contributed by atoms with Gasteiger partial charge in [-0.05, 0) is 195 Å². The average Bonchev–Trinajstić information content (AvgIpc) is 3.80. The molecule has 62 heavy (non-hydrogen) atoms. The lowest BCUT2D eigenvalue weighted by molar-refractivity contribution is -0.0485. The summed E-state index contributed by atoms with van der Waals surface area (Å²) >= 11 is 0. The Morgan fingerprint density at radius 3 is 0.806 bits per heavy atom. The van der Waals surface area contributed by atoms with E-state index in [0.29, 0.717) is 36.5 Å². The summed E-state index contributed by atoms with van der Waals surface area (Å²) in [5, 5.41) is 46.6. The zero-order chi connectivity index (χ0) is 48.1. The fourth-order valence-electron chi connectivity index (χ4n) is 8.77. The van der Waals surface area contributed by atoms with Crippen LogP contribution >= 0.6 is 0 Å². The molecule has 0 amide bonds. The number of rotatable bonds is 0. The van der Waals surface area contributed by atoms with E-state index >= 15 is 0 Å². The normalized spacial score (nSPS) is 28.4. The first-order valence-corrected chi connectivity index (χ1v) is 24.9. The highest BCUT2D eigenvalue weighted by molar-refractivity contribution is 4.89. The van der Waals surface area contributed by atoms with Crippen molar-refractivity contribution in [2.75, 3.05) is 78.5 Å². The molecule has 5 N–H and O–H groups in total. The molecule has 0 saturated carbocycles. The molecule has 5 atom stereocenters. The fourth-order valence-corrected chi connectivity index (χ4v) is 8.77. The molecule has 0 radical (unpaired) electrons. The Labute approximate surface area is 385 Å². The van der Waals surface area contributed by atoms with E-state index in [9.17, 15) is 20.4 Å². The highest BCUT2D eigenvalue weighted by Crippen LogP contribution is 2.25. The highest BCUT2D eigenvalue weighted by atomic mass is 16.3. The lowest BCUT2D eigenvalue weighted by atomic mass is 9.93. The van der Waals surface area contributed by atoms with Gasteiger partial charge in [-0.3, -0.25) is 29.4 Å². The monoisotopic (exact) mass is 885 g/mol. The maximum atomic E-state index is 9.57. The molecule has 11 nitrogen and oxygen atoms in total. The van der Waals surface area contributed by atoms with Crippen molar-refractivity contribution in [1.82, 2.24) is 29.4 Å². The van der Waals surface area contributed by atoms with Crippen molar-refractivity contribution in [3.8, 4) is 0 Å². The predicted octanol–water partition coefficient (Wildman–Crippen LogP) is 7.16. The third kappa shape index (κ3) is 24.4. The Hall–Kier alpha value is -0.440. The summed E-state index contributed by atoms with van der Waals surface area (Å²) < 4.78 is 0. The lowest BCUT2D eigenvalue weighted by Crippen LogP contribution is -2.58. The van der Waals surface area contributed by atoms with E-state index in [4.69, 9.17) is 5.11 Å². The number of aliphatic hydroxyl groups is 5. The molecule has 11 heteroatoms. The van der Waals surface area contributed by atoms with E-state index < -0.39 is 0 Å². The smallest absolute Gasteiger partial charge is 0.0794 e. The SMILES string of the molecule is CC(C)(C)N1CC(O)C1.CC(C)(C)N1CCCC1.CC(C)(C)N1CCCCC1.CC(C)(C)N1CC[C@H](O)C1.CC(C)(C)N1C[C@H](O)C[C@@H](O)C1.C[C@H]1C[C@@H](O)CN(C(C)(C)C)C1. The Morgan fingerprint density at radius 2 is 0.565 bits per heavy atom. The van der Waals surface area contributed by atoms with Gasteiger partial charge >= 0.3 is 0 Å². The van der Waals surface area contributed by atoms with Crippen LogP contribution in [0.5, 0.6) is 0 Å². The summed E-state index contributed by atoms with van der Waals surface area (Å²) in [7, 11) is 0. The largest absolute Gasteiger partial charge is 0.392 e. The van der Waals surface area contributed by atoms with Gasteiger partial charge in [0, 0.05) is 92.0 Å². The molecule has 0 unspecified atom stereocenters. The zero-order valence-electron chi connectivity index (χ0n) is 44.5. The summed E-state index contributed by atoms with van der Waals surface area (Å²) in [5.41, 5.74) is 1.55. The second kappa shape index (κ2) is 25.6. The number of aliphatic hydroxyl groups excluding tert-OH is 5. The van der Waals surface area contributed by atoms with Gasteiger partial charge in [0.1, 0.15) is 0 Å². The van der Waals surface area contributed by atoms with Crippen LogP contribution in [-0.2, 0) is 0 Å². The second-order valence-electron chi connectivity index (χ2n) is 25.6. The zero-order valence-corrected chi connectivity index (χ0v) is 44.5. The molecule has 6 rings (SSSR count). The number of nitrogens with zero attached hydrogens (tertiary/aromatic N) is 6. The van der Waals surface area contributed by atoms with Crippen molar-refractivity contribution in [2.45, 2.75) is 247 Å². The molecule has 6 heterocycles. The minimum Gasteiger partial charge on any atom is -0.392 e. The van der Waals surface area contributed by atoms with Crippen molar-refractivity contribution in [2.24, 2.45) is 5.92 Å². The van der Waals surface area contributed by atoms with Crippen molar-refractivity contribution in [1.29, 1.82) is 0 Å². The van der Waals surface area contributed by atoms with Crippen LogP contribution in [0.15, 0.2) is 0 Å². The van der Waals surface area contributed by atoms with E-state index in [1.807, 2.05) is 0 Å². The van der Waals surface area contributed by atoms with Gasteiger partial charge in [0.2, 0.25) is 0 Å². The van der Waals surface area contributed by atoms with E-state index in [0.717, 1.165) is 52.1 Å². The average molecular weight is 885 g/mol. The molecule has 6 aliphatic heterocycles. The summed E-state index contributed by atoms with van der Waals surface area (Å²) in [6.45, 7) is 54.1. The van der Waals surface area contributed by atoms with Gasteiger partial charge in [0.15, 0.2) is 0 Å². The van der Waals surface area contributed by atoms with Gasteiger partial charge in [0.25, 0.3) is 0 Å². The van der Waals surface area contributed by atoms with Crippen molar-refractivity contribution in [3.05, 3.63) is 0 Å². The Balaban J connectivity index is 0.000000373. The van der Waals surface area contributed by atoms with Gasteiger partial charge in [-0.25, -0.2) is 0 Å². The molecular formula is C51H108N6O5. The summed E-state index contributed by atoms with van der Waals surface area (Å²) in [5.74, 6) is 0.632. The fraction of sp³-hybridized carbons (Fsp3) is 1.00. The number of hydrogen-bond donors (Lipinski definition) is 5. The van der Waals surface area contributed by atoms with Gasteiger partial charge in [-0.1, -0.05) is 13.3 Å². The van der Waals surface area contributed by atoms with E-state index in [1.165, 1.54) is 58.3 Å². The van der Waals surface area contributed by atoms with Crippen LogP contribution in [0.3, 0.4) is 0 Å². The number of piperidine rings is 3. The highest BCUT2D eigenvalue weighted by Gasteiger charge is 2.34. The Bertz CT molecular complexity index is 1110. The van der Waals surface area contributed by atoms with Crippen LogP contribution < -0.4 is 0 Å². The molecule has 0 aliphatic carbocycles. The molecule has 0 aromatic heterocycles. The second-order valence-corrected chi connectivity index (χ2v) is 25.6. The molecule has 6 aliphatic rings. The van der Waals surface area contributed by atoms with Crippen molar-refractivity contribution in [3.63, 3.8) is 0 Å². The van der Waals surface area contributed by atoms with Crippen LogP contribution in [0.4, 0.5) is 0 Å². The van der Waals surface area contributed by atoms with Crippen LogP contribution in [-0.4, -0.2) is 197 Å². The molecule has 6 fully saturated rings. The molecule has 6 saturated heterocycles. The van der Waals surface area contributed by atoms with Crippen LogP contribution in [0, 0.1) is 5.92 Å². The minimum atomic E-state index is -0.368. The predicted molar refractivity (Wildman–Crippen MR) is 264 cm³/mol. The molecule has 0 spiro atoms. The Morgan fingerprint density at radius 1 is 0.290 bits per heavy atom. The van der Waals surface area contributed by atoms with E-state index in [1.54, 1.807) is 0 Å². The Kier molecular flexibility index (Phi) is 24.6. The number of likely N-dealkylation sites (tertiary alicyclic amines) is 6. The van der Waals surface area contributed by atoms with Crippen molar-refractivity contribution < 1.29 is 25.5 Å². The van der Waals surface area contributed by atoms with Crippen LogP contribution in [0.2, 0.25) is 0 Å². The molecule has 372 valence electrons. The summed E-state index contributed by atoms with van der Waals surface area (Å²) in [6, 6.07) is 0. The molecular weight excluding hydrogens is 777 g/mol. The third-order valence-corrected chi connectivity index (χ3v) is 13.2. The number of hydrogen-bond acceptors (Lipinski definition) is 11. The maximum absolute atomic E-state index is 9.57.